The molecule has 1 saturated carbocycles. The Hall–Kier alpha value is -1.61. The van der Waals surface area contributed by atoms with Crippen molar-refractivity contribution in [3.05, 3.63) is 35.5 Å². The highest BCUT2D eigenvalue weighted by atomic mass is 16.3. The topological polar surface area (TPSA) is 45.2 Å². The molecule has 1 aromatic heterocycles. The van der Waals surface area contributed by atoms with Gasteiger partial charge >= 0.3 is 0 Å². The molecular weight excluding hydrogens is 248 g/mol. The number of fused-ring (bicyclic) bond motifs is 1. The first-order valence-electron chi connectivity index (χ1n) is 7.45. The van der Waals surface area contributed by atoms with Gasteiger partial charge in [0.2, 0.25) is 0 Å². The molecule has 0 bridgehead atoms. The highest BCUT2D eigenvalue weighted by Gasteiger charge is 2.20. The van der Waals surface area contributed by atoms with Crippen molar-refractivity contribution >= 4 is 16.6 Å². The van der Waals surface area contributed by atoms with Crippen LogP contribution in [0.15, 0.2) is 24.3 Å². The van der Waals surface area contributed by atoms with Crippen molar-refractivity contribution in [2.24, 2.45) is 0 Å². The molecule has 3 nitrogen and oxygen atoms in total. The molecule has 3 heteroatoms. The van der Waals surface area contributed by atoms with Gasteiger partial charge in [-0.25, -0.2) is 0 Å². The Morgan fingerprint density at radius 1 is 1.10 bits per heavy atom. The van der Waals surface area contributed by atoms with E-state index in [4.69, 9.17) is 0 Å². The van der Waals surface area contributed by atoms with E-state index in [1.54, 1.807) is 0 Å². The van der Waals surface area contributed by atoms with Crippen LogP contribution in [0.1, 0.15) is 36.9 Å². The Morgan fingerprint density at radius 3 is 2.55 bits per heavy atom. The summed E-state index contributed by atoms with van der Waals surface area (Å²) in [6.45, 7) is 4.20. The summed E-state index contributed by atoms with van der Waals surface area (Å²) in [7, 11) is 0. The molecule has 0 amide bonds. The van der Waals surface area contributed by atoms with E-state index >= 15 is 0 Å². The number of rotatable bonds is 2. The zero-order valence-corrected chi connectivity index (χ0v) is 12.2. The first kappa shape index (κ1) is 13.4. The van der Waals surface area contributed by atoms with E-state index in [0.717, 1.165) is 36.9 Å². The summed E-state index contributed by atoms with van der Waals surface area (Å²) in [5.74, 6) is 0. The van der Waals surface area contributed by atoms with Crippen molar-refractivity contribution < 1.29 is 5.11 Å². The van der Waals surface area contributed by atoms with E-state index in [-0.39, 0.29) is 6.10 Å². The van der Waals surface area contributed by atoms with Crippen molar-refractivity contribution in [2.45, 2.75) is 51.7 Å². The number of para-hydroxylation sites is 1. The molecule has 2 N–H and O–H groups in total. The molecule has 2 aromatic rings. The zero-order chi connectivity index (χ0) is 14.1. The van der Waals surface area contributed by atoms with Crippen LogP contribution in [0.25, 0.3) is 10.9 Å². The third kappa shape index (κ3) is 2.50. The minimum absolute atomic E-state index is 0.106. The Balaban J connectivity index is 1.95. The predicted octanol–water partition coefficient (Wildman–Crippen LogP) is 3.57. The number of aryl methyl sites for hydroxylation is 1. The second-order valence-corrected chi connectivity index (χ2v) is 5.86. The van der Waals surface area contributed by atoms with Crippen LogP contribution in [0.4, 0.5) is 5.69 Å². The summed E-state index contributed by atoms with van der Waals surface area (Å²) >= 11 is 0. The number of benzene rings is 1. The lowest BCUT2D eigenvalue weighted by atomic mass is 9.92. The van der Waals surface area contributed by atoms with Gasteiger partial charge in [-0.3, -0.25) is 4.98 Å². The normalized spacial score (nSPS) is 22.9. The molecular formula is C17H22N2O. The molecule has 0 unspecified atom stereocenters. The number of nitrogens with zero attached hydrogens (tertiary/aromatic N) is 1. The van der Waals surface area contributed by atoms with Gasteiger partial charge in [0.1, 0.15) is 0 Å². The average Bonchev–Trinajstić information content (AvgIpc) is 2.46. The highest BCUT2D eigenvalue weighted by molar-refractivity contribution is 5.93. The average molecular weight is 270 g/mol. The number of aromatic nitrogens is 1. The zero-order valence-electron chi connectivity index (χ0n) is 12.2. The lowest BCUT2D eigenvalue weighted by Gasteiger charge is -2.28. The first-order chi connectivity index (χ1) is 9.65. The van der Waals surface area contributed by atoms with Gasteiger partial charge in [0.15, 0.2) is 0 Å². The predicted molar refractivity (Wildman–Crippen MR) is 83.1 cm³/mol. The van der Waals surface area contributed by atoms with Gasteiger partial charge in [0.25, 0.3) is 0 Å². The highest BCUT2D eigenvalue weighted by Crippen LogP contribution is 2.30. The number of hydrogen-bond acceptors (Lipinski definition) is 3. The van der Waals surface area contributed by atoms with Crippen LogP contribution in [-0.4, -0.2) is 22.2 Å². The largest absolute Gasteiger partial charge is 0.393 e. The maximum atomic E-state index is 9.63. The van der Waals surface area contributed by atoms with Crippen molar-refractivity contribution in [1.82, 2.24) is 4.98 Å². The van der Waals surface area contributed by atoms with Gasteiger partial charge in [-0.15, -0.1) is 0 Å². The summed E-state index contributed by atoms with van der Waals surface area (Å²) in [4.78, 5) is 4.66. The van der Waals surface area contributed by atoms with Crippen LogP contribution >= 0.6 is 0 Å². The summed E-state index contributed by atoms with van der Waals surface area (Å²) in [6, 6.07) is 8.76. The fraction of sp³-hybridized carbons (Fsp3) is 0.471. The Labute approximate surface area is 120 Å². The van der Waals surface area contributed by atoms with Crippen molar-refractivity contribution in [3.8, 4) is 0 Å². The molecule has 0 atom stereocenters. The molecule has 1 aromatic carbocycles. The molecule has 3 rings (SSSR count). The minimum atomic E-state index is -0.106. The SMILES string of the molecule is Cc1nc2ccccc2c(NC2CCC(O)CC2)c1C. The fourth-order valence-corrected chi connectivity index (χ4v) is 3.04. The summed E-state index contributed by atoms with van der Waals surface area (Å²) in [5.41, 5.74) is 4.58. The van der Waals surface area contributed by atoms with Crippen LogP contribution in [0.3, 0.4) is 0 Å². The van der Waals surface area contributed by atoms with Gasteiger partial charge < -0.3 is 10.4 Å². The standard InChI is InChI=1S/C17H22N2O/c1-11-12(2)18-16-6-4-3-5-15(16)17(11)19-13-7-9-14(20)10-8-13/h3-6,13-14,20H,7-10H2,1-2H3,(H,18,19). The number of hydrogen-bond donors (Lipinski definition) is 2. The number of aliphatic hydroxyl groups excluding tert-OH is 1. The molecule has 1 aliphatic carbocycles. The van der Waals surface area contributed by atoms with Crippen LogP contribution in [0, 0.1) is 13.8 Å². The Kier molecular flexibility index (Phi) is 3.62. The van der Waals surface area contributed by atoms with Gasteiger partial charge in [-0.2, -0.15) is 0 Å². The third-order valence-electron chi connectivity index (χ3n) is 4.42. The number of anilines is 1. The summed E-state index contributed by atoms with van der Waals surface area (Å²) in [6.07, 6.45) is 3.77. The molecule has 1 aliphatic rings. The Morgan fingerprint density at radius 2 is 1.80 bits per heavy atom. The van der Waals surface area contributed by atoms with Crippen LogP contribution in [0.5, 0.6) is 0 Å². The third-order valence-corrected chi connectivity index (χ3v) is 4.42. The maximum Gasteiger partial charge on any atom is 0.0726 e. The van der Waals surface area contributed by atoms with Crippen LogP contribution in [0.2, 0.25) is 0 Å². The van der Waals surface area contributed by atoms with E-state index in [1.165, 1.54) is 16.6 Å². The fourth-order valence-electron chi connectivity index (χ4n) is 3.04. The monoisotopic (exact) mass is 270 g/mol. The lowest BCUT2D eigenvalue weighted by molar-refractivity contribution is 0.126. The smallest absolute Gasteiger partial charge is 0.0726 e. The minimum Gasteiger partial charge on any atom is -0.393 e. The van der Waals surface area contributed by atoms with E-state index in [1.807, 2.05) is 6.07 Å². The quantitative estimate of drug-likeness (QED) is 0.877. The van der Waals surface area contributed by atoms with E-state index < -0.39 is 0 Å². The van der Waals surface area contributed by atoms with Gasteiger partial charge in [-0.05, 0) is 51.2 Å². The van der Waals surface area contributed by atoms with Crippen molar-refractivity contribution in [1.29, 1.82) is 0 Å². The second-order valence-electron chi connectivity index (χ2n) is 5.86. The van der Waals surface area contributed by atoms with Crippen molar-refractivity contribution in [3.63, 3.8) is 0 Å². The van der Waals surface area contributed by atoms with Crippen molar-refractivity contribution in [2.75, 3.05) is 5.32 Å². The summed E-state index contributed by atoms with van der Waals surface area (Å²) < 4.78 is 0. The molecule has 1 heterocycles. The van der Waals surface area contributed by atoms with Crippen LogP contribution in [-0.2, 0) is 0 Å². The van der Waals surface area contributed by atoms with Gasteiger partial charge in [0, 0.05) is 22.8 Å². The Bertz CT molecular complexity index is 616. The van der Waals surface area contributed by atoms with Gasteiger partial charge in [0.05, 0.1) is 11.6 Å². The molecule has 0 saturated heterocycles. The molecule has 1 fully saturated rings. The molecule has 0 spiro atoms. The van der Waals surface area contributed by atoms with Crippen LogP contribution < -0.4 is 5.32 Å². The number of aliphatic hydroxyl groups is 1. The first-order valence-corrected chi connectivity index (χ1v) is 7.45. The molecule has 0 aliphatic heterocycles. The molecule has 20 heavy (non-hydrogen) atoms. The van der Waals surface area contributed by atoms with Gasteiger partial charge in [-0.1, -0.05) is 18.2 Å². The van der Waals surface area contributed by atoms with E-state index in [2.05, 4.69) is 42.3 Å². The van der Waals surface area contributed by atoms with E-state index in [9.17, 15) is 5.11 Å². The molecule has 106 valence electrons. The number of pyridine rings is 1. The summed E-state index contributed by atoms with van der Waals surface area (Å²) in [5, 5.41) is 14.5. The van der Waals surface area contributed by atoms with E-state index in [0.29, 0.717) is 6.04 Å². The number of nitrogens with one attached hydrogen (secondary N) is 1. The lowest BCUT2D eigenvalue weighted by Crippen LogP contribution is -2.28. The maximum absolute atomic E-state index is 9.63. The molecule has 0 radical (unpaired) electrons. The second kappa shape index (κ2) is 5.41.